The van der Waals surface area contributed by atoms with E-state index in [2.05, 4.69) is 20.8 Å². The Labute approximate surface area is 247 Å². The molecule has 5 aromatic rings. The third-order valence-corrected chi connectivity index (χ3v) is 7.26. The lowest BCUT2D eigenvalue weighted by Gasteiger charge is -2.19. The van der Waals surface area contributed by atoms with E-state index in [1.54, 1.807) is 12.1 Å². The van der Waals surface area contributed by atoms with Crippen LogP contribution in [0.3, 0.4) is 0 Å². The summed E-state index contributed by atoms with van der Waals surface area (Å²) in [5, 5.41) is 0.253. The van der Waals surface area contributed by atoms with Crippen LogP contribution >= 0.6 is 0 Å². The number of hydrogen-bond acceptors (Lipinski definition) is 7. The molecule has 1 aliphatic heterocycles. The summed E-state index contributed by atoms with van der Waals surface area (Å²) in [5.41, 5.74) is 2.24. The second-order valence-electron chi connectivity index (χ2n) is 11.3. The average molecular weight is 574 g/mol. The molecular formula is C35H27NO7. The Hall–Kier alpha value is -5.50. The SMILES string of the molecule is CC(C)(C)c1ccc(Oc2coc3cc(OC(=O)c4ccc5c(c4)C(=O)N(Cc4ccccc4)C5=O)ccc3c2=O)cc1. The molecule has 0 unspecified atom stereocenters. The van der Waals surface area contributed by atoms with Gasteiger partial charge in [-0.25, -0.2) is 4.79 Å². The van der Waals surface area contributed by atoms with Gasteiger partial charge >= 0.3 is 5.97 Å². The number of amides is 2. The molecule has 1 aliphatic rings. The minimum atomic E-state index is -0.732. The summed E-state index contributed by atoms with van der Waals surface area (Å²) in [4.78, 5) is 53.1. The highest BCUT2D eigenvalue weighted by Gasteiger charge is 2.36. The number of hydrogen-bond donors (Lipinski definition) is 0. The van der Waals surface area contributed by atoms with Crippen LogP contribution in [0.4, 0.5) is 0 Å². The molecule has 43 heavy (non-hydrogen) atoms. The van der Waals surface area contributed by atoms with Gasteiger partial charge < -0.3 is 13.9 Å². The monoisotopic (exact) mass is 573 g/mol. The Morgan fingerprint density at radius 1 is 0.791 bits per heavy atom. The molecule has 2 amide bonds. The van der Waals surface area contributed by atoms with Gasteiger partial charge in [0.25, 0.3) is 11.8 Å². The predicted molar refractivity (Wildman–Crippen MR) is 160 cm³/mol. The third-order valence-electron chi connectivity index (χ3n) is 7.26. The molecule has 214 valence electrons. The lowest BCUT2D eigenvalue weighted by molar-refractivity contribution is 0.0641. The van der Waals surface area contributed by atoms with Gasteiger partial charge in [-0.3, -0.25) is 19.3 Å². The van der Waals surface area contributed by atoms with Crippen molar-refractivity contribution < 1.29 is 28.3 Å². The van der Waals surface area contributed by atoms with Crippen molar-refractivity contribution in [1.82, 2.24) is 4.90 Å². The van der Waals surface area contributed by atoms with E-state index in [9.17, 15) is 19.2 Å². The van der Waals surface area contributed by atoms with Crippen molar-refractivity contribution in [2.24, 2.45) is 0 Å². The Morgan fingerprint density at radius 3 is 2.21 bits per heavy atom. The maximum atomic E-state index is 13.1. The fraction of sp³-hybridized carbons (Fsp3) is 0.143. The number of rotatable bonds is 6. The molecular weight excluding hydrogens is 546 g/mol. The zero-order chi connectivity index (χ0) is 30.3. The van der Waals surface area contributed by atoms with Crippen LogP contribution in [0.5, 0.6) is 17.2 Å². The van der Waals surface area contributed by atoms with E-state index in [0.29, 0.717) is 5.75 Å². The first-order chi connectivity index (χ1) is 20.6. The van der Waals surface area contributed by atoms with E-state index < -0.39 is 17.8 Å². The van der Waals surface area contributed by atoms with Crippen molar-refractivity contribution in [3.63, 3.8) is 0 Å². The second kappa shape index (κ2) is 10.7. The van der Waals surface area contributed by atoms with Gasteiger partial charge in [0.15, 0.2) is 0 Å². The van der Waals surface area contributed by atoms with E-state index in [-0.39, 0.29) is 56.5 Å². The number of nitrogens with zero attached hydrogens (tertiary/aromatic N) is 1. The van der Waals surface area contributed by atoms with E-state index in [1.165, 1.54) is 42.7 Å². The number of carbonyl (C=O) groups excluding carboxylic acids is 3. The maximum Gasteiger partial charge on any atom is 0.343 e. The quantitative estimate of drug-likeness (QED) is 0.124. The van der Waals surface area contributed by atoms with E-state index >= 15 is 0 Å². The predicted octanol–water partition coefficient (Wildman–Crippen LogP) is 6.90. The van der Waals surface area contributed by atoms with Gasteiger partial charge in [-0.05, 0) is 59.0 Å². The van der Waals surface area contributed by atoms with Gasteiger partial charge in [0.2, 0.25) is 11.2 Å². The largest absolute Gasteiger partial charge is 0.460 e. The van der Waals surface area contributed by atoms with Gasteiger partial charge in [0.05, 0.1) is 28.6 Å². The lowest BCUT2D eigenvalue weighted by atomic mass is 9.87. The number of carbonyl (C=O) groups is 3. The molecule has 6 rings (SSSR count). The molecule has 0 N–H and O–H groups in total. The van der Waals surface area contributed by atoms with Gasteiger partial charge in [-0.15, -0.1) is 0 Å². The Kier molecular flexibility index (Phi) is 6.90. The van der Waals surface area contributed by atoms with Gasteiger partial charge in [-0.1, -0.05) is 63.2 Å². The van der Waals surface area contributed by atoms with Gasteiger partial charge in [0, 0.05) is 6.07 Å². The smallest absolute Gasteiger partial charge is 0.343 e. The third kappa shape index (κ3) is 5.42. The van der Waals surface area contributed by atoms with Crippen molar-refractivity contribution in [2.75, 3.05) is 0 Å². The molecule has 0 saturated heterocycles. The number of benzene rings is 4. The zero-order valence-electron chi connectivity index (χ0n) is 23.7. The van der Waals surface area contributed by atoms with Gasteiger partial charge in [-0.2, -0.15) is 0 Å². The van der Waals surface area contributed by atoms with E-state index in [0.717, 1.165) is 16.0 Å². The molecule has 1 aromatic heterocycles. The fourth-order valence-electron chi connectivity index (χ4n) is 4.87. The van der Waals surface area contributed by atoms with Crippen LogP contribution < -0.4 is 14.9 Å². The highest BCUT2D eigenvalue weighted by atomic mass is 16.5. The number of fused-ring (bicyclic) bond motifs is 2. The highest BCUT2D eigenvalue weighted by Crippen LogP contribution is 2.29. The van der Waals surface area contributed by atoms with Crippen LogP contribution in [0.15, 0.2) is 106 Å². The summed E-state index contributed by atoms with van der Waals surface area (Å²) >= 11 is 0. The second-order valence-corrected chi connectivity index (χ2v) is 11.3. The van der Waals surface area contributed by atoms with Crippen LogP contribution in [0, 0.1) is 0 Å². The van der Waals surface area contributed by atoms with Crippen molar-refractivity contribution in [3.8, 4) is 17.2 Å². The summed E-state index contributed by atoms with van der Waals surface area (Å²) in [6.45, 7) is 6.47. The molecule has 4 aromatic carbocycles. The summed E-state index contributed by atoms with van der Waals surface area (Å²) in [7, 11) is 0. The molecule has 0 spiro atoms. The summed E-state index contributed by atoms with van der Waals surface area (Å²) in [5.74, 6) is -0.958. The van der Waals surface area contributed by atoms with Crippen LogP contribution in [0.1, 0.15) is 63.0 Å². The fourth-order valence-corrected chi connectivity index (χ4v) is 4.87. The molecule has 0 atom stereocenters. The summed E-state index contributed by atoms with van der Waals surface area (Å²) in [6, 6.07) is 25.3. The molecule has 0 fully saturated rings. The number of imide groups is 1. The van der Waals surface area contributed by atoms with E-state index in [1.807, 2.05) is 42.5 Å². The highest BCUT2D eigenvalue weighted by molar-refractivity contribution is 6.21. The first kappa shape index (κ1) is 27.7. The topological polar surface area (TPSA) is 103 Å². The maximum absolute atomic E-state index is 13.1. The Morgan fingerprint density at radius 2 is 1.49 bits per heavy atom. The molecule has 0 bridgehead atoms. The van der Waals surface area contributed by atoms with Crippen molar-refractivity contribution in [3.05, 3.63) is 135 Å². The van der Waals surface area contributed by atoms with E-state index in [4.69, 9.17) is 13.9 Å². The molecule has 0 aliphatic carbocycles. The van der Waals surface area contributed by atoms with Crippen molar-refractivity contribution in [1.29, 1.82) is 0 Å². The minimum absolute atomic E-state index is 0.0115. The Balaban J connectivity index is 1.18. The number of ether oxygens (including phenoxy) is 2. The number of esters is 1. The molecule has 0 saturated carbocycles. The first-order valence-electron chi connectivity index (χ1n) is 13.7. The summed E-state index contributed by atoms with van der Waals surface area (Å²) in [6.07, 6.45) is 1.22. The molecule has 2 heterocycles. The van der Waals surface area contributed by atoms with Gasteiger partial charge in [0.1, 0.15) is 23.3 Å². The minimum Gasteiger partial charge on any atom is -0.460 e. The molecule has 8 heteroatoms. The summed E-state index contributed by atoms with van der Waals surface area (Å²) < 4.78 is 16.9. The zero-order valence-corrected chi connectivity index (χ0v) is 23.7. The van der Waals surface area contributed by atoms with Crippen LogP contribution in [0.2, 0.25) is 0 Å². The van der Waals surface area contributed by atoms with Crippen molar-refractivity contribution in [2.45, 2.75) is 32.7 Å². The Bertz CT molecular complexity index is 1950. The van der Waals surface area contributed by atoms with Crippen LogP contribution in [-0.2, 0) is 12.0 Å². The lowest BCUT2D eigenvalue weighted by Crippen LogP contribution is -2.29. The molecule has 0 radical (unpaired) electrons. The van der Waals surface area contributed by atoms with Crippen LogP contribution in [-0.4, -0.2) is 22.7 Å². The first-order valence-corrected chi connectivity index (χ1v) is 13.7. The normalized spacial score (nSPS) is 12.9. The van der Waals surface area contributed by atoms with Crippen LogP contribution in [0.25, 0.3) is 11.0 Å². The standard InChI is InChI=1S/C35H27NO7/c1-35(2,3)23-10-12-24(13-11-23)42-30-20-41-29-18-25(14-16-27(29)31(30)37)43-34(40)22-9-15-26-28(17-22)33(39)36(32(26)38)19-21-7-5-4-6-8-21/h4-18,20H,19H2,1-3H3. The average Bonchev–Trinajstić information content (AvgIpc) is 3.23. The van der Waals surface area contributed by atoms with Crippen molar-refractivity contribution >= 4 is 28.8 Å². The molecule has 8 nitrogen and oxygen atoms in total.